The Balaban J connectivity index is 1.88. The number of carbonyl (C=O) groups excluding carboxylic acids is 3. The van der Waals surface area contributed by atoms with Crippen molar-refractivity contribution in [3.05, 3.63) is 102 Å². The summed E-state index contributed by atoms with van der Waals surface area (Å²) in [7, 11) is 0. The van der Waals surface area contributed by atoms with E-state index in [2.05, 4.69) is 0 Å². The molecule has 3 aromatic rings. The molecule has 5 nitrogen and oxygen atoms in total. The minimum absolute atomic E-state index is 0.0557. The van der Waals surface area contributed by atoms with E-state index < -0.39 is 29.2 Å². The Kier molecular flexibility index (Phi) is 5.91. The maximum atomic E-state index is 13.7. The summed E-state index contributed by atoms with van der Waals surface area (Å²) >= 11 is 0. The minimum Gasteiger partial charge on any atom is -0.462 e. The van der Waals surface area contributed by atoms with Crippen molar-refractivity contribution < 1.29 is 19.1 Å². The van der Waals surface area contributed by atoms with Gasteiger partial charge in [-0.3, -0.25) is 14.4 Å². The summed E-state index contributed by atoms with van der Waals surface area (Å²) < 4.78 is 5.56. The molecule has 1 aliphatic rings. The topological polar surface area (TPSA) is 63.7 Å². The zero-order valence-corrected chi connectivity index (χ0v) is 18.2. The van der Waals surface area contributed by atoms with Crippen molar-refractivity contribution in [1.29, 1.82) is 0 Å². The van der Waals surface area contributed by atoms with Crippen molar-refractivity contribution in [3.8, 4) is 0 Å². The third-order valence-corrected chi connectivity index (χ3v) is 5.67. The molecule has 0 saturated heterocycles. The summed E-state index contributed by atoms with van der Waals surface area (Å²) in [5.74, 6) is -2.16. The highest BCUT2D eigenvalue weighted by Crippen LogP contribution is 2.42. The van der Waals surface area contributed by atoms with Crippen LogP contribution in [-0.4, -0.2) is 23.8 Å². The van der Waals surface area contributed by atoms with E-state index in [0.29, 0.717) is 11.3 Å². The summed E-state index contributed by atoms with van der Waals surface area (Å²) in [6.07, 6.45) is -0.368. The van der Waals surface area contributed by atoms with Gasteiger partial charge in [-0.15, -0.1) is 0 Å². The van der Waals surface area contributed by atoms with Gasteiger partial charge in [-0.2, -0.15) is 0 Å². The first kappa shape index (κ1) is 21.5. The van der Waals surface area contributed by atoms with E-state index in [1.807, 2.05) is 60.7 Å². The number of ether oxygens (including phenoxy) is 1. The molecule has 1 heterocycles. The highest BCUT2D eigenvalue weighted by Gasteiger charge is 2.57. The molecule has 0 N–H and O–H groups in total. The maximum absolute atomic E-state index is 13.7. The van der Waals surface area contributed by atoms with E-state index in [0.717, 1.165) is 11.1 Å². The molecule has 162 valence electrons. The first-order valence-electron chi connectivity index (χ1n) is 10.7. The molecule has 3 aromatic carbocycles. The molecule has 0 aliphatic carbocycles. The number of nitrogens with zero attached hydrogens (tertiary/aromatic N) is 1. The van der Waals surface area contributed by atoms with Crippen LogP contribution in [0.4, 0.5) is 5.69 Å². The van der Waals surface area contributed by atoms with Crippen LogP contribution in [0.5, 0.6) is 0 Å². The average molecular weight is 428 g/mol. The third-order valence-electron chi connectivity index (χ3n) is 5.67. The van der Waals surface area contributed by atoms with Gasteiger partial charge < -0.3 is 9.64 Å². The van der Waals surface area contributed by atoms with Gasteiger partial charge in [0.1, 0.15) is 0 Å². The van der Waals surface area contributed by atoms with Crippen molar-refractivity contribution in [2.45, 2.75) is 38.3 Å². The van der Waals surface area contributed by atoms with Crippen LogP contribution in [-0.2, 0) is 37.5 Å². The number of fused-ring (bicyclic) bond motifs is 1. The van der Waals surface area contributed by atoms with Crippen LogP contribution in [0.3, 0.4) is 0 Å². The lowest BCUT2D eigenvalue weighted by molar-refractivity contribution is -0.160. The number of rotatable bonds is 6. The van der Waals surface area contributed by atoms with E-state index in [9.17, 15) is 14.4 Å². The van der Waals surface area contributed by atoms with Crippen LogP contribution in [0.25, 0.3) is 0 Å². The molecule has 0 spiro atoms. The Hall–Kier alpha value is -3.73. The van der Waals surface area contributed by atoms with E-state index in [1.54, 1.807) is 38.1 Å². The van der Waals surface area contributed by atoms with Crippen molar-refractivity contribution in [3.63, 3.8) is 0 Å². The first-order valence-corrected chi connectivity index (χ1v) is 10.7. The number of carbonyl (C=O) groups is 3. The summed E-state index contributed by atoms with van der Waals surface area (Å²) in [6.45, 7) is 3.71. The predicted octanol–water partition coefficient (Wildman–Crippen LogP) is 4.23. The van der Waals surface area contributed by atoms with Gasteiger partial charge >= 0.3 is 5.97 Å². The zero-order chi connectivity index (χ0) is 22.7. The number of para-hydroxylation sites is 1. The van der Waals surface area contributed by atoms with Crippen LogP contribution < -0.4 is 4.90 Å². The lowest BCUT2D eigenvalue weighted by Gasteiger charge is -2.40. The lowest BCUT2D eigenvalue weighted by atomic mass is 9.69. The Labute approximate surface area is 187 Å². The van der Waals surface area contributed by atoms with Crippen molar-refractivity contribution in [2.75, 3.05) is 4.90 Å². The number of hydrogen-bond acceptors (Lipinski definition) is 4. The summed E-state index contributed by atoms with van der Waals surface area (Å²) in [6, 6.07) is 25.9. The second kappa shape index (κ2) is 8.79. The predicted molar refractivity (Wildman–Crippen MR) is 122 cm³/mol. The largest absolute Gasteiger partial charge is 0.462 e. The number of amides is 1. The Morgan fingerprint density at radius 3 is 2.03 bits per heavy atom. The van der Waals surface area contributed by atoms with Crippen LogP contribution in [0.15, 0.2) is 84.9 Å². The van der Waals surface area contributed by atoms with Gasteiger partial charge in [0.05, 0.1) is 12.6 Å². The van der Waals surface area contributed by atoms with Crippen LogP contribution in [0.2, 0.25) is 0 Å². The quantitative estimate of drug-likeness (QED) is 0.335. The fourth-order valence-electron chi connectivity index (χ4n) is 4.20. The second-order valence-corrected chi connectivity index (χ2v) is 8.24. The van der Waals surface area contributed by atoms with Gasteiger partial charge in [-0.05, 0) is 31.0 Å². The molecule has 0 aromatic heterocycles. The van der Waals surface area contributed by atoms with Gasteiger partial charge in [0, 0.05) is 17.7 Å². The zero-order valence-electron chi connectivity index (χ0n) is 18.2. The molecular formula is C27H25NO4. The highest BCUT2D eigenvalue weighted by atomic mass is 16.5. The van der Waals surface area contributed by atoms with Crippen molar-refractivity contribution in [2.24, 2.45) is 0 Å². The van der Waals surface area contributed by atoms with E-state index in [4.69, 9.17) is 4.74 Å². The van der Waals surface area contributed by atoms with Crippen molar-refractivity contribution in [1.82, 2.24) is 0 Å². The minimum atomic E-state index is -1.73. The molecule has 4 rings (SSSR count). The first-order chi connectivity index (χ1) is 15.4. The second-order valence-electron chi connectivity index (χ2n) is 8.24. The third kappa shape index (κ3) is 3.82. The van der Waals surface area contributed by atoms with Crippen LogP contribution in [0.1, 0.15) is 30.5 Å². The number of anilines is 1. The van der Waals surface area contributed by atoms with Crippen molar-refractivity contribution >= 4 is 23.3 Å². The Morgan fingerprint density at radius 1 is 0.844 bits per heavy atom. The highest BCUT2D eigenvalue weighted by molar-refractivity contribution is 6.50. The molecule has 32 heavy (non-hydrogen) atoms. The molecule has 5 heteroatoms. The van der Waals surface area contributed by atoms with E-state index in [-0.39, 0.29) is 13.0 Å². The average Bonchev–Trinajstić information content (AvgIpc) is 2.80. The summed E-state index contributed by atoms with van der Waals surface area (Å²) in [5.41, 5.74) is 0.990. The number of hydrogen-bond donors (Lipinski definition) is 0. The molecule has 1 aliphatic heterocycles. The summed E-state index contributed by atoms with van der Waals surface area (Å²) in [4.78, 5) is 42.2. The normalized spacial score (nSPS) is 17.9. The van der Waals surface area contributed by atoms with Gasteiger partial charge in [0.15, 0.2) is 5.41 Å². The molecule has 0 fully saturated rings. The number of benzene rings is 3. The standard InChI is InChI=1S/C27H25NO4/c1-19(2)32-26(31)27(17-20-11-5-3-6-12-20)22-15-9-10-16-23(22)28(25(30)24(27)29)18-21-13-7-4-8-14-21/h3-16,19H,17-18H2,1-2H3/t27-/m0/s1. The molecule has 0 unspecified atom stereocenters. The fourth-order valence-corrected chi connectivity index (χ4v) is 4.20. The van der Waals surface area contributed by atoms with Gasteiger partial charge in [0.2, 0.25) is 5.78 Å². The number of ketones is 1. The number of esters is 1. The SMILES string of the molecule is CC(C)OC(=O)[C@]1(Cc2ccccc2)C(=O)C(=O)N(Cc2ccccc2)c2ccccc21. The van der Waals surface area contributed by atoms with Gasteiger partial charge in [-0.1, -0.05) is 78.9 Å². The number of Topliss-reactive ketones (excluding diaryl/α,β-unsaturated/α-hetero) is 1. The molecule has 0 bridgehead atoms. The monoisotopic (exact) mass is 427 g/mol. The fraction of sp³-hybridized carbons (Fsp3) is 0.222. The smallest absolute Gasteiger partial charge is 0.325 e. The Bertz CT molecular complexity index is 1140. The maximum Gasteiger partial charge on any atom is 0.325 e. The molecule has 0 radical (unpaired) electrons. The van der Waals surface area contributed by atoms with Crippen LogP contribution in [0, 0.1) is 0 Å². The summed E-state index contributed by atoms with van der Waals surface area (Å²) in [5, 5.41) is 0. The van der Waals surface area contributed by atoms with Crippen LogP contribution >= 0.6 is 0 Å². The molecule has 0 saturated carbocycles. The molecule has 1 amide bonds. The van der Waals surface area contributed by atoms with Gasteiger partial charge in [-0.25, -0.2) is 0 Å². The van der Waals surface area contributed by atoms with E-state index in [1.165, 1.54) is 4.90 Å². The van der Waals surface area contributed by atoms with E-state index >= 15 is 0 Å². The Morgan fingerprint density at radius 2 is 1.41 bits per heavy atom. The molecular weight excluding hydrogens is 402 g/mol. The lowest BCUT2D eigenvalue weighted by Crippen LogP contribution is -2.58. The van der Waals surface area contributed by atoms with Gasteiger partial charge in [0.25, 0.3) is 5.91 Å². The molecule has 1 atom stereocenters.